The van der Waals surface area contributed by atoms with Crippen molar-refractivity contribution in [1.29, 1.82) is 0 Å². The maximum atomic E-state index is 11.1. The Morgan fingerprint density at radius 2 is 2.50 bits per heavy atom. The van der Waals surface area contributed by atoms with Crippen molar-refractivity contribution in [3.05, 3.63) is 22.4 Å². The number of aliphatic carboxylic acids is 1. The molecule has 20 heavy (non-hydrogen) atoms. The van der Waals surface area contributed by atoms with Gasteiger partial charge in [0.15, 0.2) is 0 Å². The Hall–Kier alpha value is -0.910. The van der Waals surface area contributed by atoms with Crippen LogP contribution in [0.1, 0.15) is 50.4 Å². The average Bonchev–Trinajstić information content (AvgIpc) is 2.91. The van der Waals surface area contributed by atoms with Crippen molar-refractivity contribution >= 4 is 17.3 Å². The smallest absolute Gasteiger partial charge is 0.305 e. The second kappa shape index (κ2) is 6.70. The third-order valence-electron chi connectivity index (χ3n) is 4.05. The minimum absolute atomic E-state index is 0.0842. The molecular weight excluding hydrogens is 274 g/mol. The van der Waals surface area contributed by atoms with E-state index < -0.39 is 5.97 Å². The van der Waals surface area contributed by atoms with Crippen molar-refractivity contribution < 1.29 is 14.6 Å². The molecule has 0 aromatic carbocycles. The van der Waals surface area contributed by atoms with Crippen molar-refractivity contribution in [3.63, 3.8) is 0 Å². The van der Waals surface area contributed by atoms with E-state index in [9.17, 15) is 4.79 Å². The summed E-state index contributed by atoms with van der Waals surface area (Å²) in [6, 6.07) is 4.19. The topological polar surface area (TPSA) is 58.6 Å². The third kappa shape index (κ3) is 4.04. The third-order valence-corrected chi connectivity index (χ3v) is 5.03. The van der Waals surface area contributed by atoms with E-state index in [1.165, 1.54) is 0 Å². The molecule has 0 amide bonds. The minimum atomic E-state index is -0.763. The molecule has 0 spiro atoms. The molecule has 0 radical (unpaired) electrons. The lowest BCUT2D eigenvalue weighted by molar-refractivity contribution is -0.137. The summed E-state index contributed by atoms with van der Waals surface area (Å²) in [7, 11) is 0. The lowest BCUT2D eigenvalue weighted by Crippen LogP contribution is -2.46. The second-order valence-corrected chi connectivity index (χ2v) is 6.65. The summed E-state index contributed by atoms with van der Waals surface area (Å²) in [5, 5.41) is 14.6. The van der Waals surface area contributed by atoms with Crippen LogP contribution in [0, 0.1) is 0 Å². The van der Waals surface area contributed by atoms with Crippen molar-refractivity contribution in [3.8, 4) is 0 Å². The van der Waals surface area contributed by atoms with E-state index in [0.717, 1.165) is 30.7 Å². The van der Waals surface area contributed by atoms with E-state index in [2.05, 4.69) is 19.2 Å². The highest BCUT2D eigenvalue weighted by atomic mass is 32.1. The summed E-state index contributed by atoms with van der Waals surface area (Å²) >= 11 is 1.61. The summed E-state index contributed by atoms with van der Waals surface area (Å²) in [6.45, 7) is 5.01. The van der Waals surface area contributed by atoms with Gasteiger partial charge >= 0.3 is 5.97 Å². The Balaban J connectivity index is 2.02. The zero-order chi connectivity index (χ0) is 14.6. The van der Waals surface area contributed by atoms with Gasteiger partial charge in [-0.15, -0.1) is 11.3 Å². The first-order valence-corrected chi connectivity index (χ1v) is 8.05. The van der Waals surface area contributed by atoms with Crippen molar-refractivity contribution in [2.24, 2.45) is 0 Å². The molecule has 3 atom stereocenters. The van der Waals surface area contributed by atoms with Crippen LogP contribution in [0.25, 0.3) is 0 Å². The van der Waals surface area contributed by atoms with Crippen LogP contribution in [0.5, 0.6) is 0 Å². The van der Waals surface area contributed by atoms with E-state index in [1.54, 1.807) is 11.3 Å². The predicted octanol–water partition coefficient (Wildman–Crippen LogP) is 3.20. The van der Waals surface area contributed by atoms with E-state index in [0.29, 0.717) is 6.04 Å². The van der Waals surface area contributed by atoms with E-state index >= 15 is 0 Å². The zero-order valence-corrected chi connectivity index (χ0v) is 12.9. The van der Waals surface area contributed by atoms with Crippen LogP contribution in [0.15, 0.2) is 17.5 Å². The van der Waals surface area contributed by atoms with Gasteiger partial charge in [-0.1, -0.05) is 13.0 Å². The number of hydrogen-bond donors (Lipinski definition) is 2. The van der Waals surface area contributed by atoms with Gasteiger partial charge in [-0.25, -0.2) is 0 Å². The molecule has 1 aliphatic rings. The monoisotopic (exact) mass is 297 g/mol. The van der Waals surface area contributed by atoms with Crippen LogP contribution in [0.4, 0.5) is 0 Å². The van der Waals surface area contributed by atoms with E-state index in [-0.39, 0.29) is 18.1 Å². The predicted molar refractivity (Wildman–Crippen MR) is 80.1 cm³/mol. The molecule has 1 saturated heterocycles. The van der Waals surface area contributed by atoms with Gasteiger partial charge in [-0.05, 0) is 37.6 Å². The quantitative estimate of drug-likeness (QED) is 0.846. The van der Waals surface area contributed by atoms with Crippen LogP contribution in [-0.4, -0.2) is 29.3 Å². The molecule has 1 aromatic rings. The van der Waals surface area contributed by atoms with E-state index in [1.807, 2.05) is 17.5 Å². The van der Waals surface area contributed by atoms with Gasteiger partial charge in [0, 0.05) is 17.5 Å². The Bertz CT molecular complexity index is 434. The fourth-order valence-corrected chi connectivity index (χ4v) is 3.50. The average molecular weight is 297 g/mol. The van der Waals surface area contributed by atoms with Gasteiger partial charge in [0.25, 0.3) is 0 Å². The summed E-state index contributed by atoms with van der Waals surface area (Å²) < 4.78 is 5.84. The fourth-order valence-electron chi connectivity index (χ4n) is 2.71. The van der Waals surface area contributed by atoms with Gasteiger partial charge in [-0.3, -0.25) is 4.79 Å². The normalized spacial score (nSPS) is 28.2. The Morgan fingerprint density at radius 1 is 1.70 bits per heavy atom. The number of thiophene rings is 1. The van der Waals surface area contributed by atoms with Crippen molar-refractivity contribution in [1.82, 2.24) is 5.32 Å². The van der Waals surface area contributed by atoms with Crippen LogP contribution in [0.2, 0.25) is 0 Å². The molecule has 2 rings (SSSR count). The maximum absolute atomic E-state index is 11.1. The molecule has 2 heterocycles. The zero-order valence-electron chi connectivity index (χ0n) is 12.1. The molecule has 5 heteroatoms. The van der Waals surface area contributed by atoms with Crippen LogP contribution in [0.3, 0.4) is 0 Å². The van der Waals surface area contributed by atoms with Gasteiger partial charge < -0.3 is 15.2 Å². The molecule has 3 unspecified atom stereocenters. The molecule has 0 bridgehead atoms. The summed E-state index contributed by atoms with van der Waals surface area (Å²) in [4.78, 5) is 12.2. The SMILES string of the molecule is CCC1(C)CC(NC(CC(=O)O)c2cccs2)CCO1. The summed E-state index contributed by atoms with van der Waals surface area (Å²) in [5.74, 6) is -0.763. The molecule has 2 N–H and O–H groups in total. The number of carboxylic acids is 1. The number of nitrogens with one attached hydrogen (secondary N) is 1. The van der Waals surface area contributed by atoms with Crippen LogP contribution < -0.4 is 5.32 Å². The molecule has 112 valence electrons. The molecule has 4 nitrogen and oxygen atoms in total. The van der Waals surface area contributed by atoms with Gasteiger partial charge in [0.2, 0.25) is 0 Å². The largest absolute Gasteiger partial charge is 0.481 e. The number of hydrogen-bond acceptors (Lipinski definition) is 4. The maximum Gasteiger partial charge on any atom is 0.305 e. The minimum Gasteiger partial charge on any atom is -0.481 e. The molecule has 1 aliphatic heterocycles. The fraction of sp³-hybridized carbons (Fsp3) is 0.667. The lowest BCUT2D eigenvalue weighted by atomic mass is 9.89. The van der Waals surface area contributed by atoms with E-state index in [4.69, 9.17) is 9.84 Å². The van der Waals surface area contributed by atoms with Crippen molar-refractivity contribution in [2.45, 2.75) is 57.2 Å². The number of carboxylic acid groups (broad SMARTS) is 1. The standard InChI is InChI=1S/C15H23NO3S/c1-3-15(2)10-11(6-7-19-15)16-12(9-14(17)18)13-5-4-8-20-13/h4-5,8,11-12,16H,3,6-7,9-10H2,1-2H3,(H,17,18). The van der Waals surface area contributed by atoms with Crippen molar-refractivity contribution in [2.75, 3.05) is 6.61 Å². The highest BCUT2D eigenvalue weighted by Crippen LogP contribution is 2.30. The molecule has 1 fully saturated rings. The number of ether oxygens (including phenoxy) is 1. The molecular formula is C15H23NO3S. The summed E-state index contributed by atoms with van der Waals surface area (Å²) in [6.07, 6.45) is 2.98. The molecule has 0 aliphatic carbocycles. The first-order chi connectivity index (χ1) is 9.52. The number of rotatable bonds is 6. The summed E-state index contributed by atoms with van der Waals surface area (Å²) in [5.41, 5.74) is -0.0842. The Morgan fingerprint density at radius 3 is 3.10 bits per heavy atom. The van der Waals surface area contributed by atoms with Crippen LogP contribution in [-0.2, 0) is 9.53 Å². The van der Waals surface area contributed by atoms with Gasteiger partial charge in [0.05, 0.1) is 18.1 Å². The lowest BCUT2D eigenvalue weighted by Gasteiger charge is -2.39. The number of carbonyl (C=O) groups is 1. The highest BCUT2D eigenvalue weighted by molar-refractivity contribution is 7.10. The highest BCUT2D eigenvalue weighted by Gasteiger charge is 2.33. The van der Waals surface area contributed by atoms with Crippen LogP contribution >= 0.6 is 11.3 Å². The Kier molecular flexibility index (Phi) is 5.18. The molecule has 1 aromatic heterocycles. The first kappa shape index (κ1) is 15.5. The van der Waals surface area contributed by atoms with Gasteiger partial charge in [-0.2, -0.15) is 0 Å². The molecule has 0 saturated carbocycles. The first-order valence-electron chi connectivity index (χ1n) is 7.17. The second-order valence-electron chi connectivity index (χ2n) is 5.67. The Labute approximate surface area is 124 Å². The van der Waals surface area contributed by atoms with Gasteiger partial charge in [0.1, 0.15) is 0 Å².